The fraction of sp³-hybridized carbons (Fsp3) is 0.158. The number of benzene rings is 2. The van der Waals surface area contributed by atoms with Crippen LogP contribution < -0.4 is 5.01 Å². The van der Waals surface area contributed by atoms with Crippen LogP contribution in [-0.4, -0.2) is 23.8 Å². The molecule has 0 atom stereocenters. The highest BCUT2D eigenvalue weighted by atomic mass is 16.4. The van der Waals surface area contributed by atoms with E-state index in [1.165, 1.54) is 11.1 Å². The summed E-state index contributed by atoms with van der Waals surface area (Å²) in [5.41, 5.74) is 5.80. The number of carboxylic acids is 1. The lowest BCUT2D eigenvalue weighted by Crippen LogP contribution is -2.21. The number of carbonyl (C=O) groups is 1. The molecule has 0 fully saturated rings. The van der Waals surface area contributed by atoms with Crippen molar-refractivity contribution in [2.24, 2.45) is 5.10 Å². The number of hydrogen-bond acceptors (Lipinski definition) is 3. The SMILES string of the molecule is Cc1ccc(N2CC=C(c3ccc(C(=O)O)cc3)C=N2)c(C)c1. The Morgan fingerprint density at radius 3 is 2.43 bits per heavy atom. The fourth-order valence-corrected chi connectivity index (χ4v) is 2.67. The van der Waals surface area contributed by atoms with E-state index in [2.05, 4.69) is 43.2 Å². The number of anilines is 1. The first-order valence-electron chi connectivity index (χ1n) is 7.47. The molecule has 0 aromatic heterocycles. The van der Waals surface area contributed by atoms with Gasteiger partial charge in [0.1, 0.15) is 0 Å². The second-order valence-corrected chi connectivity index (χ2v) is 5.66. The number of aryl methyl sites for hydroxylation is 2. The van der Waals surface area contributed by atoms with Crippen LogP contribution in [0.1, 0.15) is 27.0 Å². The predicted molar refractivity (Wildman–Crippen MR) is 93.1 cm³/mol. The van der Waals surface area contributed by atoms with Crippen LogP contribution in [0.15, 0.2) is 53.6 Å². The highest BCUT2D eigenvalue weighted by Crippen LogP contribution is 2.25. The van der Waals surface area contributed by atoms with E-state index in [0.29, 0.717) is 12.1 Å². The Bertz CT molecular complexity index is 805. The number of aromatic carboxylic acids is 1. The standard InChI is InChI=1S/C19H18N2O2/c1-13-3-8-18(14(2)11-13)21-10-9-17(12-20-21)15-4-6-16(7-5-15)19(22)23/h3-9,11-12H,10H2,1-2H3,(H,22,23). The van der Waals surface area contributed by atoms with Gasteiger partial charge in [-0.25, -0.2) is 4.79 Å². The number of carboxylic acid groups (broad SMARTS) is 1. The Hall–Kier alpha value is -2.88. The maximum atomic E-state index is 10.9. The molecule has 4 heteroatoms. The summed E-state index contributed by atoms with van der Waals surface area (Å²) in [6.45, 7) is 4.85. The van der Waals surface area contributed by atoms with E-state index < -0.39 is 5.97 Å². The van der Waals surface area contributed by atoms with Crippen molar-refractivity contribution in [1.82, 2.24) is 0 Å². The van der Waals surface area contributed by atoms with Gasteiger partial charge in [0.15, 0.2) is 0 Å². The Balaban J connectivity index is 1.78. The van der Waals surface area contributed by atoms with Crippen LogP contribution in [-0.2, 0) is 0 Å². The van der Waals surface area contributed by atoms with E-state index in [1.54, 1.807) is 12.1 Å². The monoisotopic (exact) mass is 306 g/mol. The van der Waals surface area contributed by atoms with Gasteiger partial charge in [0.05, 0.1) is 24.0 Å². The zero-order valence-corrected chi connectivity index (χ0v) is 13.2. The van der Waals surface area contributed by atoms with Crippen LogP contribution in [0.4, 0.5) is 5.69 Å². The summed E-state index contributed by atoms with van der Waals surface area (Å²) in [6, 6.07) is 13.2. The Labute approximate surface area is 135 Å². The molecule has 4 nitrogen and oxygen atoms in total. The van der Waals surface area contributed by atoms with Crippen molar-refractivity contribution in [2.75, 3.05) is 11.6 Å². The predicted octanol–water partition coefficient (Wildman–Crippen LogP) is 3.89. The van der Waals surface area contributed by atoms with Crippen LogP contribution in [0.3, 0.4) is 0 Å². The molecule has 2 aromatic rings. The number of nitrogens with zero attached hydrogens (tertiary/aromatic N) is 2. The first-order valence-corrected chi connectivity index (χ1v) is 7.47. The highest BCUT2D eigenvalue weighted by molar-refractivity contribution is 6.11. The van der Waals surface area contributed by atoms with Crippen LogP contribution >= 0.6 is 0 Å². The number of allylic oxidation sites excluding steroid dienone is 1. The van der Waals surface area contributed by atoms with Gasteiger partial charge in [-0.1, -0.05) is 35.9 Å². The molecule has 1 N–H and O–H groups in total. The topological polar surface area (TPSA) is 52.9 Å². The number of rotatable bonds is 3. The molecule has 0 bridgehead atoms. The maximum absolute atomic E-state index is 10.9. The molecule has 3 rings (SSSR count). The minimum absolute atomic E-state index is 0.291. The summed E-state index contributed by atoms with van der Waals surface area (Å²) in [5.74, 6) is -0.913. The smallest absolute Gasteiger partial charge is 0.335 e. The summed E-state index contributed by atoms with van der Waals surface area (Å²) >= 11 is 0. The normalized spacial score (nSPS) is 13.8. The van der Waals surface area contributed by atoms with Gasteiger partial charge < -0.3 is 5.11 Å². The average molecular weight is 306 g/mol. The van der Waals surface area contributed by atoms with Gasteiger partial charge in [-0.3, -0.25) is 5.01 Å². The lowest BCUT2D eigenvalue weighted by atomic mass is 10.0. The second-order valence-electron chi connectivity index (χ2n) is 5.66. The third-order valence-electron chi connectivity index (χ3n) is 3.92. The average Bonchev–Trinajstić information content (AvgIpc) is 2.55. The summed E-state index contributed by atoms with van der Waals surface area (Å²) < 4.78 is 0. The van der Waals surface area contributed by atoms with Crippen LogP contribution in [0, 0.1) is 13.8 Å². The quantitative estimate of drug-likeness (QED) is 0.936. The molecule has 0 saturated heterocycles. The van der Waals surface area contributed by atoms with Crippen molar-refractivity contribution >= 4 is 23.4 Å². The van der Waals surface area contributed by atoms with Gasteiger partial charge in [-0.2, -0.15) is 5.10 Å². The maximum Gasteiger partial charge on any atom is 0.335 e. The van der Waals surface area contributed by atoms with Crippen molar-refractivity contribution in [1.29, 1.82) is 0 Å². The fourth-order valence-electron chi connectivity index (χ4n) is 2.67. The molecule has 1 aliphatic rings. The van der Waals surface area contributed by atoms with Crippen LogP contribution in [0.5, 0.6) is 0 Å². The summed E-state index contributed by atoms with van der Waals surface area (Å²) in [6.07, 6.45) is 3.92. The van der Waals surface area contributed by atoms with Gasteiger partial charge in [0, 0.05) is 0 Å². The van der Waals surface area contributed by atoms with Crippen molar-refractivity contribution in [3.63, 3.8) is 0 Å². The molecule has 0 radical (unpaired) electrons. The molecule has 0 spiro atoms. The molecule has 2 aromatic carbocycles. The zero-order chi connectivity index (χ0) is 16.4. The van der Waals surface area contributed by atoms with E-state index in [1.807, 2.05) is 23.4 Å². The second kappa shape index (κ2) is 6.08. The van der Waals surface area contributed by atoms with E-state index in [0.717, 1.165) is 16.8 Å². The number of hydrogen-bond donors (Lipinski definition) is 1. The molecule has 116 valence electrons. The van der Waals surface area contributed by atoms with E-state index in [-0.39, 0.29) is 0 Å². The molecule has 1 heterocycles. The Morgan fingerprint density at radius 2 is 1.87 bits per heavy atom. The first kappa shape index (κ1) is 15.0. The summed E-state index contributed by atoms with van der Waals surface area (Å²) in [4.78, 5) is 10.9. The van der Waals surface area contributed by atoms with Gasteiger partial charge in [-0.15, -0.1) is 0 Å². The lowest BCUT2D eigenvalue weighted by molar-refractivity contribution is 0.0697. The molecule has 23 heavy (non-hydrogen) atoms. The van der Waals surface area contributed by atoms with Gasteiger partial charge >= 0.3 is 5.97 Å². The van der Waals surface area contributed by atoms with Crippen molar-refractivity contribution in [3.05, 3.63) is 70.8 Å². The van der Waals surface area contributed by atoms with Crippen LogP contribution in [0.2, 0.25) is 0 Å². The molecular formula is C19H18N2O2. The molecule has 1 aliphatic heterocycles. The highest BCUT2D eigenvalue weighted by Gasteiger charge is 2.12. The van der Waals surface area contributed by atoms with E-state index in [4.69, 9.17) is 5.11 Å². The van der Waals surface area contributed by atoms with Gasteiger partial charge in [0.2, 0.25) is 0 Å². The first-order chi connectivity index (χ1) is 11.0. The largest absolute Gasteiger partial charge is 0.478 e. The molecule has 0 amide bonds. The van der Waals surface area contributed by atoms with E-state index >= 15 is 0 Å². The summed E-state index contributed by atoms with van der Waals surface area (Å²) in [7, 11) is 0. The lowest BCUT2D eigenvalue weighted by Gasteiger charge is -2.23. The van der Waals surface area contributed by atoms with E-state index in [9.17, 15) is 4.79 Å². The molecular weight excluding hydrogens is 288 g/mol. The molecule has 0 unspecified atom stereocenters. The van der Waals surface area contributed by atoms with Crippen molar-refractivity contribution < 1.29 is 9.90 Å². The molecule has 0 saturated carbocycles. The third kappa shape index (κ3) is 3.16. The zero-order valence-electron chi connectivity index (χ0n) is 13.2. The van der Waals surface area contributed by atoms with Crippen molar-refractivity contribution in [2.45, 2.75) is 13.8 Å². The van der Waals surface area contributed by atoms with Gasteiger partial charge in [0.25, 0.3) is 0 Å². The molecule has 0 aliphatic carbocycles. The summed E-state index contributed by atoms with van der Waals surface area (Å²) in [5, 5.41) is 15.4. The minimum Gasteiger partial charge on any atom is -0.478 e. The number of hydrazone groups is 1. The Morgan fingerprint density at radius 1 is 1.13 bits per heavy atom. The Kier molecular flexibility index (Phi) is 3.98. The third-order valence-corrected chi connectivity index (χ3v) is 3.92. The minimum atomic E-state index is -0.913. The van der Waals surface area contributed by atoms with Crippen molar-refractivity contribution in [3.8, 4) is 0 Å². The van der Waals surface area contributed by atoms with Crippen LogP contribution in [0.25, 0.3) is 5.57 Å². The van der Waals surface area contributed by atoms with Gasteiger partial charge in [-0.05, 0) is 48.7 Å².